The minimum absolute atomic E-state index is 0.0207. The summed E-state index contributed by atoms with van der Waals surface area (Å²) in [4.78, 5) is 29.6. The van der Waals surface area contributed by atoms with Gasteiger partial charge in [-0.1, -0.05) is 42.0 Å². The number of amides is 2. The summed E-state index contributed by atoms with van der Waals surface area (Å²) >= 11 is 1.44. The summed E-state index contributed by atoms with van der Waals surface area (Å²) in [6, 6.07) is 19.4. The van der Waals surface area contributed by atoms with Gasteiger partial charge in [-0.2, -0.15) is 0 Å². The molecule has 3 aromatic carbocycles. The highest BCUT2D eigenvalue weighted by Crippen LogP contribution is 2.55. The van der Waals surface area contributed by atoms with Crippen LogP contribution in [0.15, 0.2) is 66.7 Å². The van der Waals surface area contributed by atoms with Crippen LogP contribution in [-0.4, -0.2) is 36.1 Å². The van der Waals surface area contributed by atoms with E-state index in [1.54, 1.807) is 29.0 Å². The van der Waals surface area contributed by atoms with E-state index < -0.39 is 16.6 Å². The van der Waals surface area contributed by atoms with Gasteiger partial charge in [-0.3, -0.25) is 9.59 Å². The first-order valence-electron chi connectivity index (χ1n) is 10.7. The van der Waals surface area contributed by atoms with Crippen LogP contribution in [0.5, 0.6) is 5.75 Å². The summed E-state index contributed by atoms with van der Waals surface area (Å²) in [5, 5.41) is 0. The lowest BCUT2D eigenvalue weighted by atomic mass is 10.0. The number of carbonyl (C=O) groups excluding carboxylic acids is 2. The highest BCUT2D eigenvalue weighted by Gasteiger charge is 2.59. The van der Waals surface area contributed by atoms with Crippen LogP contribution in [0.25, 0.3) is 0 Å². The molecule has 0 bridgehead atoms. The normalized spacial score (nSPS) is 19.3. The summed E-state index contributed by atoms with van der Waals surface area (Å²) in [5.74, 6) is 0.0642. The lowest BCUT2D eigenvalue weighted by Gasteiger charge is -2.33. The Labute approximate surface area is 196 Å². The minimum Gasteiger partial charge on any atom is -0.497 e. The molecule has 0 N–H and O–H groups in total. The molecule has 1 atom stereocenters. The van der Waals surface area contributed by atoms with Crippen LogP contribution in [0.4, 0.5) is 10.1 Å². The summed E-state index contributed by atoms with van der Waals surface area (Å²) in [6.07, 6.45) is 0. The van der Waals surface area contributed by atoms with Crippen molar-refractivity contribution in [3.63, 3.8) is 0 Å². The van der Waals surface area contributed by atoms with Gasteiger partial charge in [0, 0.05) is 17.9 Å². The molecule has 2 amide bonds. The topological polar surface area (TPSA) is 49.9 Å². The summed E-state index contributed by atoms with van der Waals surface area (Å²) in [6.45, 7) is 2.67. The standard InChI is InChI=1S/C26H23FN2O3S/c1-17-10-11-23-21(14-17)26(25(31)28(23)16-18-6-5-7-19(15-18)32-2)29(12-13-33-26)24(30)20-8-3-4-9-22(20)27/h3-11,14-15H,12-13,16H2,1-2H3. The molecule has 7 heteroatoms. The average Bonchev–Trinajstić information content (AvgIpc) is 3.36. The second kappa shape index (κ2) is 8.23. The number of halogens is 1. The third kappa shape index (κ3) is 3.38. The fraction of sp³-hybridized carbons (Fsp3) is 0.231. The number of rotatable bonds is 4. The van der Waals surface area contributed by atoms with Gasteiger partial charge in [-0.05, 0) is 42.8 Å². The van der Waals surface area contributed by atoms with Crippen molar-refractivity contribution in [2.24, 2.45) is 0 Å². The van der Waals surface area contributed by atoms with Gasteiger partial charge in [0.1, 0.15) is 11.6 Å². The third-order valence-corrected chi connectivity index (χ3v) is 7.59. The molecular weight excluding hydrogens is 439 g/mol. The smallest absolute Gasteiger partial charge is 0.268 e. The van der Waals surface area contributed by atoms with Crippen molar-refractivity contribution in [3.8, 4) is 5.75 Å². The number of aryl methyl sites for hydroxylation is 1. The highest BCUT2D eigenvalue weighted by atomic mass is 32.2. The van der Waals surface area contributed by atoms with Gasteiger partial charge in [0.2, 0.25) is 0 Å². The van der Waals surface area contributed by atoms with Crippen molar-refractivity contribution >= 4 is 29.3 Å². The van der Waals surface area contributed by atoms with E-state index >= 15 is 0 Å². The van der Waals surface area contributed by atoms with Crippen molar-refractivity contribution in [2.75, 3.05) is 24.3 Å². The first-order chi connectivity index (χ1) is 16.0. The number of ether oxygens (including phenoxy) is 1. The maximum absolute atomic E-state index is 14.5. The molecular formula is C26H23FN2O3S. The van der Waals surface area contributed by atoms with Gasteiger partial charge < -0.3 is 14.5 Å². The Morgan fingerprint density at radius 2 is 1.94 bits per heavy atom. The summed E-state index contributed by atoms with van der Waals surface area (Å²) in [5.41, 5.74) is 3.44. The lowest BCUT2D eigenvalue weighted by Crippen LogP contribution is -2.50. The molecule has 0 aromatic heterocycles. The van der Waals surface area contributed by atoms with Crippen LogP contribution in [0.1, 0.15) is 27.0 Å². The fourth-order valence-electron chi connectivity index (χ4n) is 4.62. The second-order valence-electron chi connectivity index (χ2n) is 8.19. The Bertz CT molecular complexity index is 1260. The minimum atomic E-state index is -1.21. The number of anilines is 1. The van der Waals surface area contributed by atoms with E-state index in [2.05, 4.69) is 0 Å². The van der Waals surface area contributed by atoms with Crippen molar-refractivity contribution in [3.05, 3.63) is 94.8 Å². The van der Waals surface area contributed by atoms with E-state index in [9.17, 15) is 14.0 Å². The molecule has 0 aliphatic carbocycles. The van der Waals surface area contributed by atoms with Gasteiger partial charge in [0.25, 0.3) is 11.8 Å². The van der Waals surface area contributed by atoms with Crippen LogP contribution in [0, 0.1) is 12.7 Å². The number of benzene rings is 3. The SMILES string of the molecule is COc1cccc(CN2C(=O)C3(SCCN3C(=O)c3ccccc3F)c3cc(C)ccc32)c1. The van der Waals surface area contributed by atoms with Crippen molar-refractivity contribution < 1.29 is 18.7 Å². The molecule has 0 saturated carbocycles. The number of hydrogen-bond donors (Lipinski definition) is 0. The predicted molar refractivity (Wildman–Crippen MR) is 127 cm³/mol. The molecule has 2 aliphatic rings. The number of nitrogens with zero attached hydrogens (tertiary/aromatic N) is 2. The Morgan fingerprint density at radius 3 is 2.73 bits per heavy atom. The average molecular weight is 463 g/mol. The molecule has 168 valence electrons. The molecule has 2 aliphatic heterocycles. The zero-order valence-electron chi connectivity index (χ0n) is 18.4. The largest absolute Gasteiger partial charge is 0.497 e. The number of thioether (sulfide) groups is 1. The lowest BCUT2D eigenvalue weighted by molar-refractivity contribution is -0.123. The second-order valence-corrected chi connectivity index (χ2v) is 9.48. The fourth-order valence-corrected chi connectivity index (χ4v) is 6.07. The van der Waals surface area contributed by atoms with Gasteiger partial charge in [-0.25, -0.2) is 4.39 Å². The van der Waals surface area contributed by atoms with Gasteiger partial charge in [0.15, 0.2) is 4.87 Å². The van der Waals surface area contributed by atoms with Crippen molar-refractivity contribution in [1.82, 2.24) is 4.90 Å². The molecule has 2 heterocycles. The monoisotopic (exact) mass is 462 g/mol. The van der Waals surface area contributed by atoms with Crippen LogP contribution in [0.3, 0.4) is 0 Å². The molecule has 1 unspecified atom stereocenters. The molecule has 1 spiro atoms. The number of methoxy groups -OCH3 is 1. The number of hydrogen-bond acceptors (Lipinski definition) is 4. The Morgan fingerprint density at radius 1 is 1.12 bits per heavy atom. The quantitative estimate of drug-likeness (QED) is 0.563. The Kier molecular flexibility index (Phi) is 5.37. The van der Waals surface area contributed by atoms with E-state index in [1.807, 2.05) is 49.4 Å². The van der Waals surface area contributed by atoms with E-state index in [4.69, 9.17) is 4.74 Å². The van der Waals surface area contributed by atoms with Crippen LogP contribution in [-0.2, 0) is 16.2 Å². The van der Waals surface area contributed by atoms with E-state index in [0.29, 0.717) is 24.6 Å². The molecule has 5 nitrogen and oxygen atoms in total. The van der Waals surface area contributed by atoms with Crippen molar-refractivity contribution in [1.29, 1.82) is 0 Å². The molecule has 33 heavy (non-hydrogen) atoms. The molecule has 1 saturated heterocycles. The summed E-state index contributed by atoms with van der Waals surface area (Å²) < 4.78 is 19.8. The van der Waals surface area contributed by atoms with Gasteiger partial charge in [0.05, 0.1) is 24.9 Å². The first kappa shape index (κ1) is 21.5. The number of fused-ring (bicyclic) bond motifs is 2. The van der Waals surface area contributed by atoms with Gasteiger partial charge in [-0.15, -0.1) is 11.8 Å². The maximum Gasteiger partial charge on any atom is 0.268 e. The maximum atomic E-state index is 14.5. The van der Waals surface area contributed by atoms with Crippen LogP contribution < -0.4 is 9.64 Å². The third-order valence-electron chi connectivity index (χ3n) is 6.17. The Hall–Kier alpha value is -3.32. The zero-order valence-corrected chi connectivity index (χ0v) is 19.2. The van der Waals surface area contributed by atoms with Gasteiger partial charge >= 0.3 is 0 Å². The highest BCUT2D eigenvalue weighted by molar-refractivity contribution is 8.01. The molecule has 5 rings (SSSR count). The summed E-state index contributed by atoms with van der Waals surface area (Å²) in [7, 11) is 1.61. The van der Waals surface area contributed by atoms with E-state index in [0.717, 1.165) is 22.4 Å². The molecule has 0 radical (unpaired) electrons. The molecule has 1 fully saturated rings. The molecule has 3 aromatic rings. The zero-order chi connectivity index (χ0) is 23.2. The van der Waals surface area contributed by atoms with E-state index in [1.165, 1.54) is 23.9 Å². The Balaban J connectivity index is 1.60. The van der Waals surface area contributed by atoms with Crippen LogP contribution in [0.2, 0.25) is 0 Å². The first-order valence-corrected chi connectivity index (χ1v) is 11.7. The van der Waals surface area contributed by atoms with Crippen molar-refractivity contribution in [2.45, 2.75) is 18.3 Å². The number of carbonyl (C=O) groups is 2. The van der Waals surface area contributed by atoms with Crippen LogP contribution >= 0.6 is 11.8 Å². The predicted octanol–water partition coefficient (Wildman–Crippen LogP) is 4.73. The van der Waals surface area contributed by atoms with E-state index in [-0.39, 0.29) is 11.5 Å².